The predicted molar refractivity (Wildman–Crippen MR) is 43.3 cm³/mol. The Kier molecular flexibility index (Phi) is 2.23. The minimum absolute atomic E-state index is 0.272. The van der Waals surface area contributed by atoms with E-state index in [0.717, 1.165) is 0 Å². The molecule has 0 spiro atoms. The Labute approximate surface area is 64.7 Å². The highest BCUT2D eigenvalue weighted by Crippen LogP contribution is 2.10. The van der Waals surface area contributed by atoms with Gasteiger partial charge in [-0.1, -0.05) is 6.58 Å². The van der Waals surface area contributed by atoms with Crippen molar-refractivity contribution < 1.29 is 4.39 Å². The normalized spacial score (nSPS) is 9.27. The van der Waals surface area contributed by atoms with Gasteiger partial charge in [0.25, 0.3) is 0 Å². The van der Waals surface area contributed by atoms with Crippen LogP contribution in [0.3, 0.4) is 0 Å². The van der Waals surface area contributed by atoms with Crippen LogP contribution in [0.1, 0.15) is 0 Å². The smallest absolute Gasteiger partial charge is 0.123 e. The zero-order chi connectivity index (χ0) is 8.27. The molecule has 2 N–H and O–H groups in total. The van der Waals surface area contributed by atoms with Crippen molar-refractivity contribution in [3.8, 4) is 0 Å². The van der Waals surface area contributed by atoms with Gasteiger partial charge in [-0.2, -0.15) is 0 Å². The van der Waals surface area contributed by atoms with Crippen molar-refractivity contribution in [2.45, 2.75) is 0 Å². The Morgan fingerprint density at radius 2 is 1.91 bits per heavy atom. The summed E-state index contributed by atoms with van der Waals surface area (Å²) in [7, 11) is 0. The van der Waals surface area contributed by atoms with E-state index in [1.54, 1.807) is 12.1 Å². The monoisotopic (exact) mass is 152 g/mol. The molecule has 0 amide bonds. The van der Waals surface area contributed by atoms with Crippen molar-refractivity contribution in [3.63, 3.8) is 0 Å². The third kappa shape index (κ3) is 1.78. The van der Waals surface area contributed by atoms with Gasteiger partial charge in [0.15, 0.2) is 0 Å². The summed E-state index contributed by atoms with van der Waals surface area (Å²) < 4.78 is 12.4. The van der Waals surface area contributed by atoms with Gasteiger partial charge in [0.1, 0.15) is 5.82 Å². The van der Waals surface area contributed by atoms with Crippen LogP contribution in [-0.4, -0.2) is 0 Å². The molecule has 0 aliphatic carbocycles. The second-order valence-electron chi connectivity index (χ2n) is 2.07. The molecule has 58 valence electrons. The third-order valence-electron chi connectivity index (χ3n) is 1.32. The Bertz CT molecular complexity index is 243. The Balaban J connectivity index is 2.89. The SMILES string of the molecule is C=CN(N)c1ccc(F)cc1. The molecule has 0 saturated carbocycles. The number of nitrogens with zero attached hydrogens (tertiary/aromatic N) is 1. The first-order valence-electron chi connectivity index (χ1n) is 3.16. The number of hydrazine groups is 1. The number of benzene rings is 1. The second kappa shape index (κ2) is 3.16. The van der Waals surface area contributed by atoms with Crippen molar-refractivity contribution in [2.24, 2.45) is 5.84 Å². The standard InChI is InChI=1S/C8H9FN2/c1-2-11(10)8-5-3-7(9)4-6-8/h2-6H,1,10H2. The van der Waals surface area contributed by atoms with E-state index in [0.29, 0.717) is 5.69 Å². The average molecular weight is 152 g/mol. The van der Waals surface area contributed by atoms with E-state index >= 15 is 0 Å². The van der Waals surface area contributed by atoms with Gasteiger partial charge in [-0.25, -0.2) is 10.2 Å². The minimum atomic E-state index is -0.272. The van der Waals surface area contributed by atoms with E-state index in [4.69, 9.17) is 5.84 Å². The molecule has 0 aromatic heterocycles. The van der Waals surface area contributed by atoms with Crippen LogP contribution in [0.5, 0.6) is 0 Å². The summed E-state index contributed by atoms with van der Waals surface area (Å²) in [6.07, 6.45) is 1.45. The summed E-state index contributed by atoms with van der Waals surface area (Å²) in [5.41, 5.74) is 0.710. The molecular formula is C8H9FN2. The third-order valence-corrected chi connectivity index (χ3v) is 1.32. The van der Waals surface area contributed by atoms with Crippen molar-refractivity contribution >= 4 is 5.69 Å². The Morgan fingerprint density at radius 1 is 1.36 bits per heavy atom. The topological polar surface area (TPSA) is 29.3 Å². The molecule has 1 rings (SSSR count). The van der Waals surface area contributed by atoms with E-state index in [1.807, 2.05) is 0 Å². The number of anilines is 1. The molecule has 11 heavy (non-hydrogen) atoms. The summed E-state index contributed by atoms with van der Waals surface area (Å²) >= 11 is 0. The van der Waals surface area contributed by atoms with Crippen LogP contribution in [0.15, 0.2) is 37.0 Å². The molecule has 1 aromatic carbocycles. The maximum atomic E-state index is 12.4. The maximum Gasteiger partial charge on any atom is 0.123 e. The Hall–Kier alpha value is -1.35. The van der Waals surface area contributed by atoms with Crippen LogP contribution in [0, 0.1) is 5.82 Å². The maximum absolute atomic E-state index is 12.4. The van der Waals surface area contributed by atoms with Gasteiger partial charge in [0.2, 0.25) is 0 Å². The largest absolute Gasteiger partial charge is 0.288 e. The fraction of sp³-hybridized carbons (Fsp3) is 0. The van der Waals surface area contributed by atoms with Crippen LogP contribution in [0.4, 0.5) is 10.1 Å². The highest BCUT2D eigenvalue weighted by molar-refractivity contribution is 5.46. The molecule has 0 aliphatic heterocycles. The lowest BCUT2D eigenvalue weighted by Crippen LogP contribution is -2.23. The predicted octanol–water partition coefficient (Wildman–Crippen LogP) is 1.65. The van der Waals surface area contributed by atoms with Crippen LogP contribution in [0.25, 0.3) is 0 Å². The molecule has 2 nitrogen and oxygen atoms in total. The number of hydrogen-bond acceptors (Lipinski definition) is 2. The summed E-state index contributed by atoms with van der Waals surface area (Å²) in [4.78, 5) is 0. The van der Waals surface area contributed by atoms with Crippen LogP contribution < -0.4 is 10.9 Å². The first-order chi connectivity index (χ1) is 5.24. The first-order valence-corrected chi connectivity index (χ1v) is 3.16. The lowest BCUT2D eigenvalue weighted by Gasteiger charge is -2.11. The fourth-order valence-electron chi connectivity index (χ4n) is 0.719. The zero-order valence-corrected chi connectivity index (χ0v) is 6.00. The molecule has 0 atom stereocenters. The van der Waals surface area contributed by atoms with Gasteiger partial charge in [0, 0.05) is 6.20 Å². The van der Waals surface area contributed by atoms with Gasteiger partial charge >= 0.3 is 0 Å². The molecule has 0 heterocycles. The molecule has 0 bridgehead atoms. The van der Waals surface area contributed by atoms with Crippen molar-refractivity contribution in [1.29, 1.82) is 0 Å². The van der Waals surface area contributed by atoms with Gasteiger partial charge in [-0.15, -0.1) is 0 Å². The fourth-order valence-corrected chi connectivity index (χ4v) is 0.719. The lowest BCUT2D eigenvalue weighted by molar-refractivity contribution is 0.628. The van der Waals surface area contributed by atoms with Gasteiger partial charge in [-0.3, -0.25) is 5.01 Å². The molecular weight excluding hydrogens is 143 g/mol. The zero-order valence-electron chi connectivity index (χ0n) is 6.00. The Morgan fingerprint density at radius 3 is 2.36 bits per heavy atom. The van der Waals surface area contributed by atoms with Crippen molar-refractivity contribution in [2.75, 3.05) is 5.01 Å². The quantitative estimate of drug-likeness (QED) is 0.515. The van der Waals surface area contributed by atoms with Crippen LogP contribution in [0.2, 0.25) is 0 Å². The summed E-state index contributed by atoms with van der Waals surface area (Å²) in [5, 5.41) is 1.32. The minimum Gasteiger partial charge on any atom is -0.288 e. The lowest BCUT2D eigenvalue weighted by atomic mass is 10.3. The van der Waals surface area contributed by atoms with E-state index in [1.165, 1.54) is 23.3 Å². The van der Waals surface area contributed by atoms with Crippen molar-refractivity contribution in [3.05, 3.63) is 42.9 Å². The van der Waals surface area contributed by atoms with Gasteiger partial charge in [-0.05, 0) is 24.3 Å². The van der Waals surface area contributed by atoms with E-state index in [2.05, 4.69) is 6.58 Å². The number of halogens is 1. The summed E-state index contributed by atoms with van der Waals surface area (Å²) in [6, 6.07) is 5.85. The first kappa shape index (κ1) is 7.75. The number of rotatable bonds is 2. The van der Waals surface area contributed by atoms with Crippen LogP contribution in [-0.2, 0) is 0 Å². The van der Waals surface area contributed by atoms with Crippen molar-refractivity contribution in [1.82, 2.24) is 0 Å². The molecule has 0 fully saturated rings. The average Bonchev–Trinajstić information content (AvgIpc) is 2.05. The molecule has 0 saturated heterocycles. The number of nitrogens with two attached hydrogens (primary N) is 1. The van der Waals surface area contributed by atoms with Crippen LogP contribution >= 0.6 is 0 Å². The molecule has 1 aromatic rings. The second-order valence-corrected chi connectivity index (χ2v) is 2.07. The molecule has 3 heteroatoms. The van der Waals surface area contributed by atoms with E-state index < -0.39 is 0 Å². The summed E-state index contributed by atoms with van der Waals surface area (Å²) in [5.74, 6) is 5.17. The van der Waals surface area contributed by atoms with E-state index in [9.17, 15) is 4.39 Å². The highest BCUT2D eigenvalue weighted by Gasteiger charge is 1.95. The molecule has 0 radical (unpaired) electrons. The van der Waals surface area contributed by atoms with E-state index in [-0.39, 0.29) is 5.82 Å². The summed E-state index contributed by atoms with van der Waals surface area (Å²) in [6.45, 7) is 3.47. The highest BCUT2D eigenvalue weighted by atomic mass is 19.1. The molecule has 0 unspecified atom stereocenters. The van der Waals surface area contributed by atoms with Gasteiger partial charge < -0.3 is 0 Å². The number of hydrogen-bond donors (Lipinski definition) is 1. The molecule has 0 aliphatic rings. The van der Waals surface area contributed by atoms with Gasteiger partial charge in [0.05, 0.1) is 5.69 Å².